The minimum atomic E-state index is -5.46. The van der Waals surface area contributed by atoms with E-state index >= 15 is 0 Å². The Morgan fingerprint density at radius 1 is 1.20 bits per heavy atom. The van der Waals surface area contributed by atoms with E-state index in [4.69, 9.17) is 0 Å². The zero-order chi connectivity index (χ0) is 15.7. The first-order valence-corrected chi connectivity index (χ1v) is 4.64. The highest BCUT2D eigenvalue weighted by molar-refractivity contribution is 5.89. The molecule has 0 unspecified atom stereocenters. The summed E-state index contributed by atoms with van der Waals surface area (Å²) in [6, 6.07) is 0. The lowest BCUT2D eigenvalue weighted by Crippen LogP contribution is -2.29. The van der Waals surface area contributed by atoms with Crippen LogP contribution in [-0.4, -0.2) is 24.4 Å². The summed E-state index contributed by atoms with van der Waals surface area (Å²) < 4.78 is 80.8. The normalized spacial score (nSPS) is 12.2. The molecule has 1 rings (SSSR count). The van der Waals surface area contributed by atoms with Gasteiger partial charge in [-0.25, -0.2) is 4.79 Å². The summed E-state index contributed by atoms with van der Waals surface area (Å²) in [6.07, 6.45) is -10.6. The highest BCUT2D eigenvalue weighted by Crippen LogP contribution is 2.34. The van der Waals surface area contributed by atoms with Gasteiger partial charge in [-0.2, -0.15) is 13.2 Å². The van der Waals surface area contributed by atoms with Gasteiger partial charge in [0.25, 0.3) is 0 Å². The summed E-state index contributed by atoms with van der Waals surface area (Å²) in [4.78, 5) is 23.9. The molecular formula is C9H5F6NO4. The number of alkyl halides is 6. The molecule has 0 saturated carbocycles. The van der Waals surface area contributed by atoms with Crippen molar-refractivity contribution >= 4 is 5.97 Å². The highest BCUT2D eigenvalue weighted by atomic mass is 19.4. The predicted molar refractivity (Wildman–Crippen MR) is 50.1 cm³/mol. The number of rotatable bonds is 2. The van der Waals surface area contributed by atoms with Crippen LogP contribution in [0.25, 0.3) is 0 Å². The van der Waals surface area contributed by atoms with Crippen molar-refractivity contribution in [1.29, 1.82) is 0 Å². The van der Waals surface area contributed by atoms with E-state index in [9.17, 15) is 35.9 Å². The third kappa shape index (κ3) is 3.42. The number of hydrogen-bond acceptors (Lipinski definition) is 4. The number of esters is 1. The summed E-state index contributed by atoms with van der Waals surface area (Å²) in [5, 5.41) is 0. The summed E-state index contributed by atoms with van der Waals surface area (Å²) >= 11 is 0. The molecule has 1 N–H and O–H groups in total. The van der Waals surface area contributed by atoms with Crippen LogP contribution in [0.2, 0.25) is 0 Å². The summed E-state index contributed by atoms with van der Waals surface area (Å²) in [6.45, 7) is 0. The number of hydrogen-bond donors (Lipinski definition) is 1. The van der Waals surface area contributed by atoms with Gasteiger partial charge >= 0.3 is 18.5 Å². The Balaban J connectivity index is 3.53. The fraction of sp³-hybridized carbons (Fsp3) is 0.333. The molecule has 0 bridgehead atoms. The van der Waals surface area contributed by atoms with Gasteiger partial charge in [0.2, 0.25) is 11.3 Å². The first-order valence-electron chi connectivity index (χ1n) is 4.64. The topological polar surface area (TPSA) is 68.4 Å². The van der Waals surface area contributed by atoms with Crippen LogP contribution in [0.4, 0.5) is 26.3 Å². The number of carbonyl (C=O) groups is 1. The van der Waals surface area contributed by atoms with Crippen molar-refractivity contribution in [2.45, 2.75) is 12.5 Å². The Labute approximate surface area is 106 Å². The van der Waals surface area contributed by atoms with E-state index < -0.39 is 40.9 Å². The van der Waals surface area contributed by atoms with Gasteiger partial charge in [0.15, 0.2) is 5.56 Å². The van der Waals surface area contributed by atoms with Crippen molar-refractivity contribution in [2.24, 2.45) is 0 Å². The van der Waals surface area contributed by atoms with Crippen LogP contribution < -0.4 is 10.2 Å². The average molecular weight is 305 g/mol. The molecule has 11 heteroatoms. The molecular weight excluding hydrogens is 300 g/mol. The number of ether oxygens (including phenoxy) is 2. The van der Waals surface area contributed by atoms with Gasteiger partial charge < -0.3 is 14.5 Å². The largest absolute Gasteiger partial charge is 0.574 e. The first kappa shape index (κ1) is 15.9. The molecule has 1 heterocycles. The Bertz CT molecular complexity index is 573. The fourth-order valence-electron chi connectivity index (χ4n) is 1.23. The number of aromatic nitrogens is 1. The van der Waals surface area contributed by atoms with Gasteiger partial charge in [-0.05, 0) is 0 Å². The lowest BCUT2D eigenvalue weighted by Gasteiger charge is -2.14. The van der Waals surface area contributed by atoms with Gasteiger partial charge in [-0.15, -0.1) is 13.2 Å². The molecule has 0 aliphatic carbocycles. The monoisotopic (exact) mass is 305 g/mol. The van der Waals surface area contributed by atoms with Crippen molar-refractivity contribution < 1.29 is 40.6 Å². The zero-order valence-corrected chi connectivity index (χ0v) is 9.48. The molecule has 0 fully saturated rings. The van der Waals surface area contributed by atoms with Crippen LogP contribution in [0, 0.1) is 0 Å². The fourth-order valence-corrected chi connectivity index (χ4v) is 1.23. The average Bonchev–Trinajstić information content (AvgIpc) is 2.24. The standard InChI is InChI=1S/C9H5F6NO4/c1-19-7(18)3-2-16-6(20-9(13,14)15)4(5(3)17)8(10,11)12/h2H,1H3,(H,16,17). The quantitative estimate of drug-likeness (QED) is 0.671. The number of aromatic amines is 1. The maximum Gasteiger partial charge on any atom is 0.574 e. The van der Waals surface area contributed by atoms with E-state index in [-0.39, 0.29) is 0 Å². The van der Waals surface area contributed by atoms with Crippen molar-refractivity contribution in [3.63, 3.8) is 0 Å². The Morgan fingerprint density at radius 2 is 1.75 bits per heavy atom. The smallest absolute Gasteiger partial charge is 0.465 e. The van der Waals surface area contributed by atoms with Gasteiger partial charge in [0.05, 0.1) is 7.11 Å². The summed E-state index contributed by atoms with van der Waals surface area (Å²) in [5.74, 6) is -3.29. The van der Waals surface area contributed by atoms with Crippen molar-refractivity contribution in [1.82, 2.24) is 4.98 Å². The van der Waals surface area contributed by atoms with E-state index in [2.05, 4.69) is 9.47 Å². The molecule has 112 valence electrons. The van der Waals surface area contributed by atoms with E-state index in [0.717, 1.165) is 7.11 Å². The third-order valence-corrected chi connectivity index (χ3v) is 1.95. The van der Waals surface area contributed by atoms with Crippen molar-refractivity contribution in [3.8, 4) is 5.88 Å². The molecule has 0 amide bonds. The number of methoxy groups -OCH3 is 1. The maximum absolute atomic E-state index is 12.6. The molecule has 0 spiro atoms. The van der Waals surface area contributed by atoms with Crippen LogP contribution in [0.1, 0.15) is 15.9 Å². The van der Waals surface area contributed by atoms with Crippen LogP contribution in [0.3, 0.4) is 0 Å². The SMILES string of the molecule is COC(=O)c1c[nH]c(OC(F)(F)F)c(C(F)(F)F)c1=O. The van der Waals surface area contributed by atoms with E-state index in [0.29, 0.717) is 6.20 Å². The van der Waals surface area contributed by atoms with E-state index in [1.165, 1.54) is 4.98 Å². The first-order chi connectivity index (χ1) is 8.97. The van der Waals surface area contributed by atoms with Crippen LogP contribution >= 0.6 is 0 Å². The van der Waals surface area contributed by atoms with E-state index in [1.54, 1.807) is 0 Å². The second kappa shape index (κ2) is 5.06. The highest BCUT2D eigenvalue weighted by Gasteiger charge is 2.43. The van der Waals surface area contributed by atoms with Gasteiger partial charge in [-0.1, -0.05) is 0 Å². The number of pyridine rings is 1. The molecule has 0 aromatic carbocycles. The Hall–Kier alpha value is -2.20. The van der Waals surface area contributed by atoms with Crippen LogP contribution in [-0.2, 0) is 10.9 Å². The third-order valence-electron chi connectivity index (χ3n) is 1.95. The minimum absolute atomic E-state index is 0.338. The maximum atomic E-state index is 12.6. The molecule has 1 aromatic heterocycles. The minimum Gasteiger partial charge on any atom is -0.465 e. The van der Waals surface area contributed by atoms with Crippen LogP contribution in [0.5, 0.6) is 5.88 Å². The molecule has 0 radical (unpaired) electrons. The second-order valence-corrected chi connectivity index (χ2v) is 3.27. The number of H-pyrrole nitrogens is 1. The van der Waals surface area contributed by atoms with E-state index in [1.807, 2.05) is 0 Å². The number of carbonyl (C=O) groups excluding carboxylic acids is 1. The van der Waals surface area contributed by atoms with Gasteiger partial charge in [0.1, 0.15) is 5.56 Å². The number of halogens is 6. The second-order valence-electron chi connectivity index (χ2n) is 3.27. The number of nitrogens with one attached hydrogen (secondary N) is 1. The molecule has 5 nitrogen and oxygen atoms in total. The molecule has 0 aliphatic heterocycles. The molecule has 20 heavy (non-hydrogen) atoms. The Kier molecular flexibility index (Phi) is 4.01. The lowest BCUT2D eigenvalue weighted by molar-refractivity contribution is -0.278. The molecule has 0 aliphatic rings. The predicted octanol–water partition coefficient (Wildman–Crippen LogP) is 2.08. The van der Waals surface area contributed by atoms with Crippen molar-refractivity contribution in [2.75, 3.05) is 7.11 Å². The molecule has 0 saturated heterocycles. The van der Waals surface area contributed by atoms with Gasteiger partial charge in [0, 0.05) is 6.20 Å². The zero-order valence-electron chi connectivity index (χ0n) is 9.48. The molecule has 1 aromatic rings. The van der Waals surface area contributed by atoms with Gasteiger partial charge in [-0.3, -0.25) is 4.79 Å². The van der Waals surface area contributed by atoms with Crippen molar-refractivity contribution in [3.05, 3.63) is 27.5 Å². The lowest BCUT2D eigenvalue weighted by atomic mass is 10.1. The summed E-state index contributed by atoms with van der Waals surface area (Å²) in [5.41, 5.74) is -5.37. The summed E-state index contributed by atoms with van der Waals surface area (Å²) in [7, 11) is 0.787. The Morgan fingerprint density at radius 3 is 2.15 bits per heavy atom. The van der Waals surface area contributed by atoms with Crippen LogP contribution in [0.15, 0.2) is 11.0 Å². The molecule has 0 atom stereocenters.